The fourth-order valence-electron chi connectivity index (χ4n) is 2.70. The molecule has 0 aliphatic carbocycles. The Morgan fingerprint density at radius 3 is 1.94 bits per heavy atom. The first-order chi connectivity index (χ1) is 8.26. The minimum Gasteiger partial charge on any atom is -1.00 e. The van der Waals surface area contributed by atoms with Crippen LogP contribution >= 0.6 is 0 Å². The molecule has 0 aliphatic rings. The molecule has 0 fully saturated rings. The van der Waals surface area contributed by atoms with Crippen molar-refractivity contribution >= 4 is 0 Å². The second-order valence-corrected chi connectivity index (χ2v) is 4.88. The number of quaternary nitrogens is 1. The van der Waals surface area contributed by atoms with Crippen molar-refractivity contribution in [2.75, 3.05) is 26.2 Å². The fraction of sp³-hybridized carbons (Fsp3) is 0.600. The van der Waals surface area contributed by atoms with Crippen LogP contribution in [-0.2, 0) is 6.54 Å². The maximum absolute atomic E-state index is 9.32. The first kappa shape index (κ1) is 17.4. The van der Waals surface area contributed by atoms with E-state index in [0.717, 1.165) is 30.7 Å². The van der Waals surface area contributed by atoms with Gasteiger partial charge in [0.25, 0.3) is 0 Å². The highest BCUT2D eigenvalue weighted by Gasteiger charge is 2.25. The summed E-state index contributed by atoms with van der Waals surface area (Å²) < 4.78 is 1.02. The molecule has 2 nitrogen and oxygen atoms in total. The van der Waals surface area contributed by atoms with Gasteiger partial charge in [0, 0.05) is 5.56 Å². The molecular formula is C15H26ClNO. The lowest BCUT2D eigenvalue weighted by atomic mass is 10.1. The highest BCUT2D eigenvalue weighted by atomic mass is 35.5. The normalized spacial score (nSPS) is 11.1. The highest BCUT2D eigenvalue weighted by Crippen LogP contribution is 2.16. The molecule has 0 bridgehead atoms. The van der Waals surface area contributed by atoms with Crippen LogP contribution in [0.25, 0.3) is 0 Å². The molecule has 0 radical (unpaired) electrons. The SMILES string of the molecule is CCC[N+](CCC)(CCO)Cc1ccccc1.[Cl-]. The van der Waals surface area contributed by atoms with Crippen molar-refractivity contribution in [3.05, 3.63) is 35.9 Å². The highest BCUT2D eigenvalue weighted by molar-refractivity contribution is 5.13. The van der Waals surface area contributed by atoms with E-state index in [-0.39, 0.29) is 19.0 Å². The smallest absolute Gasteiger partial charge is 0.104 e. The van der Waals surface area contributed by atoms with Gasteiger partial charge in [0.05, 0.1) is 19.7 Å². The minimum atomic E-state index is 0. The van der Waals surface area contributed by atoms with Gasteiger partial charge in [-0.05, 0) is 12.8 Å². The van der Waals surface area contributed by atoms with Crippen molar-refractivity contribution in [1.29, 1.82) is 0 Å². The summed E-state index contributed by atoms with van der Waals surface area (Å²) >= 11 is 0. The van der Waals surface area contributed by atoms with Gasteiger partial charge in [0.15, 0.2) is 0 Å². The molecule has 0 aliphatic heterocycles. The molecule has 0 heterocycles. The largest absolute Gasteiger partial charge is 1.00 e. The average molecular weight is 272 g/mol. The molecule has 0 spiro atoms. The zero-order chi connectivity index (χ0) is 12.6. The molecule has 0 atom stereocenters. The van der Waals surface area contributed by atoms with E-state index in [0.29, 0.717) is 0 Å². The number of hydrogen-bond acceptors (Lipinski definition) is 1. The minimum absolute atomic E-state index is 0. The van der Waals surface area contributed by atoms with Gasteiger partial charge in [-0.3, -0.25) is 0 Å². The molecule has 0 aromatic heterocycles. The molecule has 1 rings (SSSR count). The lowest BCUT2D eigenvalue weighted by molar-refractivity contribution is -0.941. The maximum atomic E-state index is 9.32. The van der Waals surface area contributed by atoms with Crippen LogP contribution in [0.4, 0.5) is 0 Å². The monoisotopic (exact) mass is 271 g/mol. The van der Waals surface area contributed by atoms with Gasteiger partial charge in [-0.1, -0.05) is 44.2 Å². The van der Waals surface area contributed by atoms with E-state index < -0.39 is 0 Å². The second kappa shape index (κ2) is 9.37. The van der Waals surface area contributed by atoms with E-state index in [1.165, 1.54) is 18.4 Å². The summed E-state index contributed by atoms with van der Waals surface area (Å²) in [6.45, 7) is 8.97. The topological polar surface area (TPSA) is 20.2 Å². The van der Waals surface area contributed by atoms with Crippen molar-refractivity contribution in [2.45, 2.75) is 33.2 Å². The standard InChI is InChI=1S/C15H26NO.ClH/c1-3-10-16(11-4-2,12-13-17)14-15-8-6-5-7-9-15;/h5-9,17H,3-4,10-14H2,1-2H3;1H/q+1;/p-1. The van der Waals surface area contributed by atoms with Crippen LogP contribution in [0.1, 0.15) is 32.3 Å². The quantitative estimate of drug-likeness (QED) is 0.651. The molecule has 0 saturated heterocycles. The Bertz CT molecular complexity index is 286. The van der Waals surface area contributed by atoms with Crippen molar-refractivity contribution in [2.24, 2.45) is 0 Å². The molecule has 0 amide bonds. The van der Waals surface area contributed by atoms with E-state index in [2.05, 4.69) is 44.2 Å². The Labute approximate surface area is 118 Å². The number of rotatable bonds is 8. The van der Waals surface area contributed by atoms with Crippen LogP contribution < -0.4 is 12.4 Å². The lowest BCUT2D eigenvalue weighted by Gasteiger charge is -2.38. The van der Waals surface area contributed by atoms with Gasteiger partial charge >= 0.3 is 0 Å². The Morgan fingerprint density at radius 2 is 1.50 bits per heavy atom. The number of benzene rings is 1. The van der Waals surface area contributed by atoms with E-state index in [9.17, 15) is 5.11 Å². The van der Waals surface area contributed by atoms with Gasteiger partial charge < -0.3 is 22.0 Å². The first-order valence-electron chi connectivity index (χ1n) is 6.76. The fourth-order valence-corrected chi connectivity index (χ4v) is 2.70. The molecule has 1 N–H and O–H groups in total. The van der Waals surface area contributed by atoms with Gasteiger partial charge in [0.2, 0.25) is 0 Å². The number of nitrogens with zero attached hydrogens (tertiary/aromatic N) is 1. The van der Waals surface area contributed by atoms with Gasteiger partial charge in [-0.15, -0.1) is 0 Å². The van der Waals surface area contributed by atoms with E-state index in [1.807, 2.05) is 0 Å². The number of aliphatic hydroxyl groups excluding tert-OH is 1. The predicted molar refractivity (Wildman–Crippen MR) is 72.7 cm³/mol. The summed E-state index contributed by atoms with van der Waals surface area (Å²) in [5, 5.41) is 9.32. The van der Waals surface area contributed by atoms with Crippen molar-refractivity contribution in [3.63, 3.8) is 0 Å². The molecule has 0 unspecified atom stereocenters. The van der Waals surface area contributed by atoms with Crippen LogP contribution in [0.2, 0.25) is 0 Å². The maximum Gasteiger partial charge on any atom is 0.104 e. The summed E-state index contributed by atoms with van der Waals surface area (Å²) in [5.41, 5.74) is 1.38. The van der Waals surface area contributed by atoms with Crippen LogP contribution in [0.3, 0.4) is 0 Å². The van der Waals surface area contributed by atoms with E-state index in [1.54, 1.807) is 0 Å². The third-order valence-electron chi connectivity index (χ3n) is 3.33. The van der Waals surface area contributed by atoms with Gasteiger partial charge in [0.1, 0.15) is 13.1 Å². The summed E-state index contributed by atoms with van der Waals surface area (Å²) in [6, 6.07) is 10.6. The Morgan fingerprint density at radius 1 is 0.944 bits per heavy atom. The Hall–Kier alpha value is -0.570. The van der Waals surface area contributed by atoms with Crippen molar-refractivity contribution in [3.8, 4) is 0 Å². The number of aliphatic hydroxyl groups is 1. The van der Waals surface area contributed by atoms with Crippen LogP contribution in [0.5, 0.6) is 0 Å². The van der Waals surface area contributed by atoms with Crippen molar-refractivity contribution < 1.29 is 22.0 Å². The molecule has 104 valence electrons. The third kappa shape index (κ3) is 5.38. The van der Waals surface area contributed by atoms with Crippen molar-refractivity contribution in [1.82, 2.24) is 0 Å². The van der Waals surface area contributed by atoms with E-state index in [4.69, 9.17) is 0 Å². The van der Waals surface area contributed by atoms with Crippen LogP contribution in [0, 0.1) is 0 Å². The second-order valence-electron chi connectivity index (χ2n) is 4.88. The average Bonchev–Trinajstić information content (AvgIpc) is 2.31. The van der Waals surface area contributed by atoms with Gasteiger partial charge in [-0.2, -0.15) is 0 Å². The zero-order valence-electron chi connectivity index (χ0n) is 11.6. The summed E-state index contributed by atoms with van der Waals surface area (Å²) in [7, 11) is 0. The molecule has 18 heavy (non-hydrogen) atoms. The molecule has 1 aromatic carbocycles. The van der Waals surface area contributed by atoms with Crippen LogP contribution in [0.15, 0.2) is 30.3 Å². The zero-order valence-corrected chi connectivity index (χ0v) is 12.4. The summed E-state index contributed by atoms with van der Waals surface area (Å²) in [5.74, 6) is 0. The third-order valence-corrected chi connectivity index (χ3v) is 3.33. The molecule has 3 heteroatoms. The lowest BCUT2D eigenvalue weighted by Crippen LogP contribution is -3.00. The molecule has 0 saturated carbocycles. The van der Waals surface area contributed by atoms with E-state index >= 15 is 0 Å². The summed E-state index contributed by atoms with van der Waals surface area (Å²) in [4.78, 5) is 0. The Kier molecular flexibility index (Phi) is 9.08. The Balaban J connectivity index is 0.00000289. The van der Waals surface area contributed by atoms with Crippen LogP contribution in [-0.4, -0.2) is 35.8 Å². The number of hydrogen-bond donors (Lipinski definition) is 1. The number of halogens is 1. The molecular weight excluding hydrogens is 246 g/mol. The first-order valence-corrected chi connectivity index (χ1v) is 6.76. The molecule has 1 aromatic rings. The summed E-state index contributed by atoms with van der Waals surface area (Å²) in [6.07, 6.45) is 2.35. The van der Waals surface area contributed by atoms with Gasteiger partial charge in [-0.25, -0.2) is 0 Å². The predicted octanol–water partition coefficient (Wildman–Crippen LogP) is -0.180.